The molecular formula is C16H19N3O6S. The van der Waals surface area contributed by atoms with Crippen LogP contribution in [0.15, 0.2) is 18.2 Å². The van der Waals surface area contributed by atoms with Gasteiger partial charge < -0.3 is 15.4 Å². The lowest BCUT2D eigenvalue weighted by Crippen LogP contribution is -2.51. The zero-order valence-corrected chi connectivity index (χ0v) is 15.1. The lowest BCUT2D eigenvalue weighted by Gasteiger charge is -2.27. The van der Waals surface area contributed by atoms with Gasteiger partial charge in [0.2, 0.25) is 11.8 Å². The van der Waals surface area contributed by atoms with E-state index in [4.69, 9.17) is 4.74 Å². The molecular weight excluding hydrogens is 362 g/mol. The summed E-state index contributed by atoms with van der Waals surface area (Å²) in [5, 5.41) is 15.3. The summed E-state index contributed by atoms with van der Waals surface area (Å²) < 4.78 is 4.87. The number of nitrogens with one attached hydrogen (secondary N) is 2. The number of aryl methyl sites for hydroxylation is 1. The minimum Gasteiger partial charge on any atom is -0.464 e. The first kappa shape index (κ1) is 19.7. The minimum absolute atomic E-state index is 0.0623. The lowest BCUT2D eigenvalue weighted by molar-refractivity contribution is -0.384. The van der Waals surface area contributed by atoms with Crippen molar-refractivity contribution < 1.29 is 24.0 Å². The molecule has 9 nitrogen and oxygen atoms in total. The average molecular weight is 381 g/mol. The number of hydrogen-bond acceptors (Lipinski definition) is 7. The van der Waals surface area contributed by atoms with Gasteiger partial charge in [0, 0.05) is 30.0 Å². The monoisotopic (exact) mass is 381 g/mol. The largest absolute Gasteiger partial charge is 0.464 e. The topological polar surface area (TPSA) is 128 Å². The summed E-state index contributed by atoms with van der Waals surface area (Å²) in [6.07, 6.45) is -0.0670. The second-order valence-electron chi connectivity index (χ2n) is 5.64. The first-order chi connectivity index (χ1) is 12.3. The number of thioether (sulfide) groups is 1. The maximum absolute atomic E-state index is 12.2. The van der Waals surface area contributed by atoms with Gasteiger partial charge in [-0.1, -0.05) is 0 Å². The molecule has 2 atom stereocenters. The van der Waals surface area contributed by atoms with Gasteiger partial charge in [0.1, 0.15) is 6.04 Å². The Kier molecular flexibility index (Phi) is 6.56. The summed E-state index contributed by atoms with van der Waals surface area (Å²) in [5.41, 5.74) is 0.939. The zero-order valence-electron chi connectivity index (χ0n) is 14.3. The fourth-order valence-corrected chi connectivity index (χ4v) is 3.52. The number of anilines is 1. The highest BCUT2D eigenvalue weighted by atomic mass is 32.2. The molecule has 0 saturated carbocycles. The van der Waals surface area contributed by atoms with Gasteiger partial charge in [-0.25, -0.2) is 4.79 Å². The molecule has 0 aliphatic carbocycles. The molecule has 1 aliphatic heterocycles. The van der Waals surface area contributed by atoms with Gasteiger partial charge in [-0.2, -0.15) is 0 Å². The molecule has 1 heterocycles. The third-order valence-electron chi connectivity index (χ3n) is 3.71. The number of amides is 2. The normalized spacial score (nSPS) is 19.4. The van der Waals surface area contributed by atoms with Gasteiger partial charge in [-0.15, -0.1) is 11.8 Å². The number of rotatable bonds is 6. The number of carbonyl (C=O) groups is 3. The maximum atomic E-state index is 12.2. The van der Waals surface area contributed by atoms with E-state index in [1.54, 1.807) is 13.8 Å². The van der Waals surface area contributed by atoms with Crippen molar-refractivity contribution in [2.45, 2.75) is 31.6 Å². The van der Waals surface area contributed by atoms with E-state index >= 15 is 0 Å². The molecule has 1 aliphatic rings. The van der Waals surface area contributed by atoms with E-state index in [2.05, 4.69) is 10.6 Å². The number of benzene rings is 1. The SMILES string of the molecule is CCOC(=O)C1CSC(CC(=O)Nc2ccc([N+](=O)[O-])cc2C)C(=O)N1. The molecule has 10 heteroatoms. The predicted molar refractivity (Wildman–Crippen MR) is 95.9 cm³/mol. The van der Waals surface area contributed by atoms with Crippen LogP contribution in [-0.2, 0) is 19.1 Å². The van der Waals surface area contributed by atoms with E-state index in [9.17, 15) is 24.5 Å². The third kappa shape index (κ3) is 4.94. The molecule has 140 valence electrons. The number of esters is 1. The Bertz CT molecular complexity index is 739. The smallest absolute Gasteiger partial charge is 0.329 e. The Hall–Kier alpha value is -2.62. The zero-order chi connectivity index (χ0) is 19.3. The second-order valence-corrected chi connectivity index (χ2v) is 6.88. The molecule has 0 aromatic heterocycles. The number of nitro benzene ring substituents is 1. The van der Waals surface area contributed by atoms with Crippen molar-refractivity contribution in [2.24, 2.45) is 0 Å². The van der Waals surface area contributed by atoms with Crippen LogP contribution in [0, 0.1) is 17.0 Å². The summed E-state index contributed by atoms with van der Waals surface area (Å²) >= 11 is 1.22. The van der Waals surface area contributed by atoms with E-state index < -0.39 is 28.1 Å². The fraction of sp³-hybridized carbons (Fsp3) is 0.438. The van der Waals surface area contributed by atoms with Crippen molar-refractivity contribution in [3.8, 4) is 0 Å². The van der Waals surface area contributed by atoms with E-state index in [0.717, 1.165) is 0 Å². The summed E-state index contributed by atoms with van der Waals surface area (Å²) in [7, 11) is 0. The maximum Gasteiger partial charge on any atom is 0.329 e. The average Bonchev–Trinajstić information content (AvgIpc) is 2.58. The van der Waals surface area contributed by atoms with Gasteiger partial charge >= 0.3 is 5.97 Å². The number of carbonyl (C=O) groups excluding carboxylic acids is 3. The molecule has 0 bridgehead atoms. The molecule has 1 aromatic rings. The highest BCUT2D eigenvalue weighted by Gasteiger charge is 2.34. The Balaban J connectivity index is 1.91. The summed E-state index contributed by atoms with van der Waals surface area (Å²) in [4.78, 5) is 46.2. The van der Waals surface area contributed by atoms with E-state index in [1.165, 1.54) is 30.0 Å². The van der Waals surface area contributed by atoms with Crippen molar-refractivity contribution in [2.75, 3.05) is 17.7 Å². The van der Waals surface area contributed by atoms with Gasteiger partial charge in [0.25, 0.3) is 5.69 Å². The minimum atomic E-state index is -0.705. The van der Waals surface area contributed by atoms with Crippen LogP contribution >= 0.6 is 11.8 Å². The van der Waals surface area contributed by atoms with Crippen LogP contribution in [-0.4, -0.2) is 46.4 Å². The highest BCUT2D eigenvalue weighted by Crippen LogP contribution is 2.24. The Morgan fingerprint density at radius 1 is 1.46 bits per heavy atom. The van der Waals surface area contributed by atoms with Crippen LogP contribution in [0.25, 0.3) is 0 Å². The lowest BCUT2D eigenvalue weighted by atomic mass is 10.1. The number of hydrogen-bond donors (Lipinski definition) is 2. The van der Waals surface area contributed by atoms with Crippen LogP contribution in [0.5, 0.6) is 0 Å². The summed E-state index contributed by atoms with van der Waals surface area (Å²) in [6.45, 7) is 3.56. The molecule has 1 aromatic carbocycles. The van der Waals surface area contributed by atoms with Gasteiger partial charge in [0.15, 0.2) is 0 Å². The Labute approximate surface area is 154 Å². The molecule has 0 spiro atoms. The van der Waals surface area contributed by atoms with E-state index in [0.29, 0.717) is 17.0 Å². The van der Waals surface area contributed by atoms with Crippen molar-refractivity contribution in [1.82, 2.24) is 5.32 Å². The number of non-ortho nitro benzene ring substituents is 1. The standard InChI is InChI=1S/C16H19N3O6S/c1-3-25-16(22)12-8-26-13(15(21)18-12)7-14(20)17-11-5-4-10(19(23)24)6-9(11)2/h4-6,12-13H,3,7-8H2,1-2H3,(H,17,20)(H,18,21). The summed E-state index contributed by atoms with van der Waals surface area (Å²) in [5.74, 6) is -0.934. The van der Waals surface area contributed by atoms with E-state index in [1.807, 2.05) is 0 Å². The fourth-order valence-electron chi connectivity index (χ4n) is 2.39. The van der Waals surface area contributed by atoms with Crippen molar-refractivity contribution in [1.29, 1.82) is 0 Å². The van der Waals surface area contributed by atoms with Crippen molar-refractivity contribution in [3.05, 3.63) is 33.9 Å². The van der Waals surface area contributed by atoms with Crippen LogP contribution in [0.4, 0.5) is 11.4 Å². The Morgan fingerprint density at radius 2 is 2.19 bits per heavy atom. The molecule has 2 rings (SSSR count). The van der Waals surface area contributed by atoms with Crippen LogP contribution in [0.1, 0.15) is 18.9 Å². The highest BCUT2D eigenvalue weighted by molar-refractivity contribution is 8.00. The van der Waals surface area contributed by atoms with Crippen molar-refractivity contribution in [3.63, 3.8) is 0 Å². The van der Waals surface area contributed by atoms with Crippen LogP contribution in [0.3, 0.4) is 0 Å². The van der Waals surface area contributed by atoms with Gasteiger partial charge in [-0.05, 0) is 25.5 Å². The molecule has 26 heavy (non-hydrogen) atoms. The molecule has 2 amide bonds. The number of nitro groups is 1. The predicted octanol–water partition coefficient (Wildman–Crippen LogP) is 1.40. The Morgan fingerprint density at radius 3 is 2.77 bits per heavy atom. The van der Waals surface area contributed by atoms with Crippen molar-refractivity contribution >= 4 is 40.9 Å². The van der Waals surface area contributed by atoms with E-state index in [-0.39, 0.29) is 24.6 Å². The van der Waals surface area contributed by atoms with Crippen LogP contribution in [0.2, 0.25) is 0 Å². The number of ether oxygens (including phenoxy) is 1. The first-order valence-corrected chi connectivity index (χ1v) is 9.00. The third-order valence-corrected chi connectivity index (χ3v) is 5.02. The molecule has 1 saturated heterocycles. The molecule has 2 N–H and O–H groups in total. The van der Waals surface area contributed by atoms with Gasteiger partial charge in [-0.3, -0.25) is 19.7 Å². The summed E-state index contributed by atoms with van der Waals surface area (Å²) in [6, 6.07) is 3.41. The molecule has 2 unspecified atom stereocenters. The quantitative estimate of drug-likeness (QED) is 0.433. The van der Waals surface area contributed by atoms with Gasteiger partial charge in [0.05, 0.1) is 16.8 Å². The molecule has 0 radical (unpaired) electrons. The number of nitrogens with zero attached hydrogens (tertiary/aromatic N) is 1. The second kappa shape index (κ2) is 8.65. The molecule has 1 fully saturated rings. The van der Waals surface area contributed by atoms with Crippen LogP contribution < -0.4 is 10.6 Å². The first-order valence-electron chi connectivity index (χ1n) is 7.95.